The molecule has 1 aromatic heterocycles. The van der Waals surface area contributed by atoms with Gasteiger partial charge in [-0.05, 0) is 31.2 Å². The zero-order valence-electron chi connectivity index (χ0n) is 9.27. The smallest absolute Gasteiger partial charge is 0.339 e. The number of aromatic nitrogens is 1. The zero-order valence-corrected chi connectivity index (χ0v) is 9.27. The van der Waals surface area contributed by atoms with Crippen LogP contribution in [-0.4, -0.2) is 28.6 Å². The van der Waals surface area contributed by atoms with Crippen LogP contribution in [0.25, 0.3) is 0 Å². The largest absolute Gasteiger partial charge is 0.478 e. The molecule has 1 saturated carbocycles. The molecule has 2 fully saturated rings. The molecule has 2 heterocycles. The molecule has 0 spiro atoms. The van der Waals surface area contributed by atoms with Crippen LogP contribution in [0.2, 0.25) is 0 Å². The Kier molecular flexibility index (Phi) is 2.28. The molecule has 1 saturated heterocycles. The monoisotopic (exact) mass is 236 g/mol. The summed E-state index contributed by atoms with van der Waals surface area (Å²) in [4.78, 5) is 17.1. The maximum Gasteiger partial charge on any atom is 0.339 e. The SMILES string of the molecule is O=C(O)c1cc(F)cnc1N1CC2CCC1C2. The second-order valence-electron chi connectivity index (χ2n) is 4.82. The molecule has 2 unspecified atom stereocenters. The van der Waals surface area contributed by atoms with Gasteiger partial charge in [0, 0.05) is 12.6 Å². The highest BCUT2D eigenvalue weighted by Crippen LogP contribution is 2.40. The second kappa shape index (κ2) is 3.68. The predicted molar refractivity (Wildman–Crippen MR) is 59.6 cm³/mol. The molecule has 1 aliphatic carbocycles. The lowest BCUT2D eigenvalue weighted by Gasteiger charge is -2.28. The number of nitrogens with zero attached hydrogens (tertiary/aromatic N) is 2. The molecule has 2 atom stereocenters. The summed E-state index contributed by atoms with van der Waals surface area (Å²) in [7, 11) is 0. The molecule has 5 heteroatoms. The molecule has 1 aromatic rings. The molecule has 0 aromatic carbocycles. The normalized spacial score (nSPS) is 26.5. The first-order valence-corrected chi connectivity index (χ1v) is 5.80. The average Bonchev–Trinajstić information content (AvgIpc) is 2.90. The number of hydrogen-bond acceptors (Lipinski definition) is 3. The van der Waals surface area contributed by atoms with Gasteiger partial charge in [0.2, 0.25) is 0 Å². The third-order valence-corrected chi connectivity index (χ3v) is 3.74. The van der Waals surface area contributed by atoms with Crippen LogP contribution in [0.15, 0.2) is 12.3 Å². The maximum absolute atomic E-state index is 13.0. The lowest BCUT2D eigenvalue weighted by atomic mass is 10.1. The third kappa shape index (κ3) is 1.66. The Bertz CT molecular complexity index is 478. The van der Waals surface area contributed by atoms with Crippen molar-refractivity contribution < 1.29 is 14.3 Å². The van der Waals surface area contributed by atoms with Crippen LogP contribution in [0.5, 0.6) is 0 Å². The number of fused-ring (bicyclic) bond motifs is 2. The number of carboxylic acid groups (broad SMARTS) is 1. The van der Waals surface area contributed by atoms with Crippen LogP contribution >= 0.6 is 0 Å². The predicted octanol–water partition coefficient (Wildman–Crippen LogP) is 1.91. The van der Waals surface area contributed by atoms with Crippen LogP contribution < -0.4 is 4.90 Å². The molecule has 2 aliphatic rings. The first-order valence-electron chi connectivity index (χ1n) is 5.80. The molecule has 0 amide bonds. The number of piperidine rings is 1. The van der Waals surface area contributed by atoms with E-state index < -0.39 is 11.8 Å². The molecule has 90 valence electrons. The van der Waals surface area contributed by atoms with Gasteiger partial charge in [-0.1, -0.05) is 0 Å². The number of anilines is 1. The lowest BCUT2D eigenvalue weighted by molar-refractivity contribution is 0.0696. The molecule has 1 N–H and O–H groups in total. The number of carbonyl (C=O) groups is 1. The first kappa shape index (κ1) is 10.5. The quantitative estimate of drug-likeness (QED) is 0.852. The van der Waals surface area contributed by atoms with E-state index in [0.29, 0.717) is 17.8 Å². The summed E-state index contributed by atoms with van der Waals surface area (Å²) >= 11 is 0. The van der Waals surface area contributed by atoms with Crippen molar-refractivity contribution in [2.75, 3.05) is 11.4 Å². The fourth-order valence-corrected chi connectivity index (χ4v) is 3.00. The lowest BCUT2D eigenvalue weighted by Crippen LogP contribution is -2.34. The van der Waals surface area contributed by atoms with E-state index in [-0.39, 0.29) is 5.56 Å². The first-order chi connectivity index (χ1) is 8.15. The Morgan fingerprint density at radius 2 is 2.35 bits per heavy atom. The molecule has 17 heavy (non-hydrogen) atoms. The Morgan fingerprint density at radius 3 is 2.94 bits per heavy atom. The maximum atomic E-state index is 13.0. The number of rotatable bonds is 2. The second-order valence-corrected chi connectivity index (χ2v) is 4.82. The molecule has 4 nitrogen and oxygen atoms in total. The van der Waals surface area contributed by atoms with Gasteiger partial charge in [0.05, 0.1) is 6.20 Å². The molecule has 1 aliphatic heterocycles. The molecular weight excluding hydrogens is 223 g/mol. The van der Waals surface area contributed by atoms with Crippen molar-refractivity contribution in [3.63, 3.8) is 0 Å². The van der Waals surface area contributed by atoms with Gasteiger partial charge in [0.25, 0.3) is 0 Å². The van der Waals surface area contributed by atoms with Crippen molar-refractivity contribution in [1.82, 2.24) is 4.98 Å². The zero-order chi connectivity index (χ0) is 12.0. The van der Waals surface area contributed by atoms with Crippen LogP contribution in [-0.2, 0) is 0 Å². The van der Waals surface area contributed by atoms with E-state index in [1.807, 2.05) is 4.90 Å². The number of pyridine rings is 1. The summed E-state index contributed by atoms with van der Waals surface area (Å²) < 4.78 is 13.0. The van der Waals surface area contributed by atoms with Gasteiger partial charge < -0.3 is 10.0 Å². The Balaban J connectivity index is 2.00. The van der Waals surface area contributed by atoms with Crippen LogP contribution in [0.4, 0.5) is 10.2 Å². The molecule has 2 bridgehead atoms. The topological polar surface area (TPSA) is 53.4 Å². The van der Waals surface area contributed by atoms with Crippen molar-refractivity contribution in [3.05, 3.63) is 23.6 Å². The summed E-state index contributed by atoms with van der Waals surface area (Å²) in [6, 6.07) is 1.44. The highest BCUT2D eigenvalue weighted by molar-refractivity contribution is 5.93. The summed E-state index contributed by atoms with van der Waals surface area (Å²) in [5, 5.41) is 9.09. The highest BCUT2D eigenvalue weighted by atomic mass is 19.1. The summed E-state index contributed by atoms with van der Waals surface area (Å²) in [6.07, 6.45) is 4.50. The fourth-order valence-electron chi connectivity index (χ4n) is 3.00. The minimum atomic E-state index is -1.12. The van der Waals surface area contributed by atoms with Gasteiger partial charge >= 0.3 is 5.97 Å². The van der Waals surface area contributed by atoms with E-state index in [1.54, 1.807) is 0 Å². The number of aromatic carboxylic acids is 1. The molecular formula is C12H13FN2O2. The van der Waals surface area contributed by atoms with Gasteiger partial charge in [-0.15, -0.1) is 0 Å². The van der Waals surface area contributed by atoms with Crippen molar-refractivity contribution in [2.24, 2.45) is 5.92 Å². The van der Waals surface area contributed by atoms with Crippen molar-refractivity contribution >= 4 is 11.8 Å². The van der Waals surface area contributed by atoms with Gasteiger partial charge in [-0.3, -0.25) is 0 Å². The van der Waals surface area contributed by atoms with Gasteiger partial charge in [0.15, 0.2) is 0 Å². The number of hydrogen-bond donors (Lipinski definition) is 1. The summed E-state index contributed by atoms with van der Waals surface area (Å²) in [6.45, 7) is 0.851. The third-order valence-electron chi connectivity index (χ3n) is 3.74. The Morgan fingerprint density at radius 1 is 1.53 bits per heavy atom. The van der Waals surface area contributed by atoms with Crippen molar-refractivity contribution in [3.8, 4) is 0 Å². The van der Waals surface area contributed by atoms with E-state index in [4.69, 9.17) is 5.11 Å². The average molecular weight is 236 g/mol. The van der Waals surface area contributed by atoms with Gasteiger partial charge in [-0.25, -0.2) is 14.2 Å². The number of halogens is 1. The fraction of sp³-hybridized carbons (Fsp3) is 0.500. The van der Waals surface area contributed by atoms with Crippen LogP contribution in [0, 0.1) is 11.7 Å². The summed E-state index contributed by atoms with van der Waals surface area (Å²) in [5.41, 5.74) is -0.0300. The molecule has 3 rings (SSSR count). The Labute approximate surface area is 98.1 Å². The summed E-state index contributed by atoms with van der Waals surface area (Å²) in [5.74, 6) is -0.648. The van der Waals surface area contributed by atoms with Crippen molar-refractivity contribution in [1.29, 1.82) is 0 Å². The van der Waals surface area contributed by atoms with E-state index in [2.05, 4.69) is 4.98 Å². The Hall–Kier alpha value is -1.65. The van der Waals surface area contributed by atoms with E-state index >= 15 is 0 Å². The van der Waals surface area contributed by atoms with E-state index in [9.17, 15) is 9.18 Å². The van der Waals surface area contributed by atoms with Gasteiger partial charge in [0.1, 0.15) is 17.2 Å². The standard InChI is InChI=1S/C12H13FN2O2/c13-8-4-10(12(16)17)11(14-5-8)15-6-7-1-2-9(15)3-7/h4-5,7,9H,1-3,6H2,(H,16,17). The van der Waals surface area contributed by atoms with E-state index in [1.165, 1.54) is 6.42 Å². The minimum Gasteiger partial charge on any atom is -0.478 e. The molecule has 0 radical (unpaired) electrons. The number of carboxylic acids is 1. The minimum absolute atomic E-state index is 0.0300. The van der Waals surface area contributed by atoms with Crippen LogP contribution in [0.1, 0.15) is 29.6 Å². The highest BCUT2D eigenvalue weighted by Gasteiger charge is 2.39. The van der Waals surface area contributed by atoms with Gasteiger partial charge in [-0.2, -0.15) is 0 Å². The van der Waals surface area contributed by atoms with Crippen molar-refractivity contribution in [2.45, 2.75) is 25.3 Å². The van der Waals surface area contributed by atoms with Crippen LogP contribution in [0.3, 0.4) is 0 Å². The van der Waals surface area contributed by atoms with E-state index in [0.717, 1.165) is 31.6 Å².